The Balaban J connectivity index is 2.21. The summed E-state index contributed by atoms with van der Waals surface area (Å²) in [6, 6.07) is 12.1. The van der Waals surface area contributed by atoms with Crippen LogP contribution in [0.4, 0.5) is 4.39 Å². The summed E-state index contributed by atoms with van der Waals surface area (Å²) in [5, 5.41) is 0.690. The average Bonchev–Trinajstić information content (AvgIpc) is 2.32. The SMILES string of the molecule is Cc1ccc(F)cc1C(N)Cc1cccc(Cl)c1. The van der Waals surface area contributed by atoms with Gasteiger partial charge in [0.1, 0.15) is 5.82 Å². The minimum Gasteiger partial charge on any atom is -0.324 e. The van der Waals surface area contributed by atoms with Gasteiger partial charge in [0.2, 0.25) is 0 Å². The highest BCUT2D eigenvalue weighted by Crippen LogP contribution is 2.22. The minimum atomic E-state index is -0.253. The fraction of sp³-hybridized carbons (Fsp3) is 0.200. The Morgan fingerprint density at radius 2 is 2.00 bits per heavy atom. The summed E-state index contributed by atoms with van der Waals surface area (Å²) >= 11 is 5.93. The zero-order chi connectivity index (χ0) is 13.1. The van der Waals surface area contributed by atoms with E-state index in [-0.39, 0.29) is 11.9 Å². The zero-order valence-corrected chi connectivity index (χ0v) is 10.9. The molecule has 2 N–H and O–H groups in total. The van der Waals surface area contributed by atoms with Gasteiger partial charge in [-0.25, -0.2) is 4.39 Å². The van der Waals surface area contributed by atoms with Crippen molar-refractivity contribution >= 4 is 11.6 Å². The lowest BCUT2D eigenvalue weighted by atomic mass is 9.96. The molecule has 0 saturated heterocycles. The third kappa shape index (κ3) is 3.09. The maximum absolute atomic E-state index is 13.2. The van der Waals surface area contributed by atoms with Gasteiger partial charge >= 0.3 is 0 Å². The van der Waals surface area contributed by atoms with E-state index in [0.29, 0.717) is 11.4 Å². The normalized spacial score (nSPS) is 12.4. The molecule has 0 radical (unpaired) electrons. The van der Waals surface area contributed by atoms with Gasteiger partial charge in [-0.1, -0.05) is 29.8 Å². The van der Waals surface area contributed by atoms with E-state index in [9.17, 15) is 4.39 Å². The van der Waals surface area contributed by atoms with Gasteiger partial charge in [0.15, 0.2) is 0 Å². The number of halogens is 2. The van der Waals surface area contributed by atoms with Gasteiger partial charge in [-0.05, 0) is 54.3 Å². The highest BCUT2D eigenvalue weighted by Gasteiger charge is 2.11. The van der Waals surface area contributed by atoms with E-state index in [0.717, 1.165) is 16.7 Å². The van der Waals surface area contributed by atoms with Crippen LogP contribution in [0.15, 0.2) is 42.5 Å². The number of aryl methyl sites for hydroxylation is 1. The van der Waals surface area contributed by atoms with Gasteiger partial charge < -0.3 is 5.73 Å². The van der Waals surface area contributed by atoms with E-state index in [4.69, 9.17) is 17.3 Å². The molecule has 1 unspecified atom stereocenters. The maximum atomic E-state index is 13.2. The number of hydrogen-bond acceptors (Lipinski definition) is 1. The first-order valence-electron chi connectivity index (χ1n) is 5.82. The highest BCUT2D eigenvalue weighted by atomic mass is 35.5. The van der Waals surface area contributed by atoms with Crippen LogP contribution in [0, 0.1) is 12.7 Å². The van der Waals surface area contributed by atoms with E-state index in [2.05, 4.69) is 0 Å². The summed E-state index contributed by atoms with van der Waals surface area (Å²) in [6.45, 7) is 1.94. The van der Waals surface area contributed by atoms with Crippen LogP contribution in [-0.4, -0.2) is 0 Å². The Bertz CT molecular complexity index is 554. The molecule has 0 aliphatic rings. The van der Waals surface area contributed by atoms with Gasteiger partial charge in [0.25, 0.3) is 0 Å². The summed E-state index contributed by atoms with van der Waals surface area (Å²) in [5.41, 5.74) is 9.04. The Hall–Kier alpha value is -1.38. The van der Waals surface area contributed by atoms with Gasteiger partial charge in [-0.2, -0.15) is 0 Å². The number of benzene rings is 2. The molecular formula is C15H15ClFN. The van der Waals surface area contributed by atoms with Crippen molar-refractivity contribution in [3.8, 4) is 0 Å². The standard InChI is InChI=1S/C15H15ClFN/c1-10-5-6-13(17)9-14(10)15(18)8-11-3-2-4-12(16)7-11/h2-7,9,15H,8,18H2,1H3. The molecule has 2 aromatic carbocycles. The predicted octanol–water partition coefficient (Wildman–Crippen LogP) is 4.03. The van der Waals surface area contributed by atoms with Crippen molar-refractivity contribution in [1.29, 1.82) is 0 Å². The van der Waals surface area contributed by atoms with E-state index in [1.807, 2.05) is 31.2 Å². The molecule has 0 fully saturated rings. The van der Waals surface area contributed by atoms with Gasteiger partial charge in [0.05, 0.1) is 0 Å². The van der Waals surface area contributed by atoms with Crippen LogP contribution in [0.5, 0.6) is 0 Å². The number of nitrogens with two attached hydrogens (primary N) is 1. The van der Waals surface area contributed by atoms with Crippen molar-refractivity contribution in [3.05, 3.63) is 70.0 Å². The van der Waals surface area contributed by atoms with Crippen molar-refractivity contribution in [2.45, 2.75) is 19.4 Å². The molecule has 18 heavy (non-hydrogen) atoms. The van der Waals surface area contributed by atoms with Crippen LogP contribution >= 0.6 is 11.6 Å². The third-order valence-corrected chi connectivity index (χ3v) is 3.22. The second-order valence-corrected chi connectivity index (χ2v) is 4.88. The first kappa shape index (κ1) is 13.1. The van der Waals surface area contributed by atoms with E-state index in [1.54, 1.807) is 6.07 Å². The third-order valence-electron chi connectivity index (χ3n) is 2.99. The average molecular weight is 264 g/mol. The van der Waals surface area contributed by atoms with E-state index in [1.165, 1.54) is 12.1 Å². The fourth-order valence-corrected chi connectivity index (χ4v) is 2.25. The Kier molecular flexibility index (Phi) is 4.00. The molecule has 0 spiro atoms. The van der Waals surface area contributed by atoms with Crippen LogP contribution in [0.3, 0.4) is 0 Å². The number of rotatable bonds is 3. The Morgan fingerprint density at radius 1 is 1.22 bits per heavy atom. The molecule has 2 aromatic rings. The molecule has 0 heterocycles. The molecular weight excluding hydrogens is 249 g/mol. The second-order valence-electron chi connectivity index (χ2n) is 4.44. The van der Waals surface area contributed by atoms with Crippen LogP contribution < -0.4 is 5.73 Å². The lowest BCUT2D eigenvalue weighted by molar-refractivity contribution is 0.617. The predicted molar refractivity (Wildman–Crippen MR) is 73.2 cm³/mol. The van der Waals surface area contributed by atoms with Crippen molar-refractivity contribution in [3.63, 3.8) is 0 Å². The maximum Gasteiger partial charge on any atom is 0.123 e. The molecule has 0 aromatic heterocycles. The first-order chi connectivity index (χ1) is 8.56. The summed E-state index contributed by atoms with van der Waals surface area (Å²) in [6.07, 6.45) is 0.644. The summed E-state index contributed by atoms with van der Waals surface area (Å²) in [7, 11) is 0. The Labute approximate surface area is 111 Å². The monoisotopic (exact) mass is 263 g/mol. The molecule has 0 amide bonds. The molecule has 1 nitrogen and oxygen atoms in total. The molecule has 1 atom stereocenters. The quantitative estimate of drug-likeness (QED) is 0.889. The lowest BCUT2D eigenvalue weighted by Gasteiger charge is -2.15. The molecule has 0 bridgehead atoms. The van der Waals surface area contributed by atoms with Crippen molar-refractivity contribution in [2.24, 2.45) is 5.73 Å². The highest BCUT2D eigenvalue weighted by molar-refractivity contribution is 6.30. The number of hydrogen-bond donors (Lipinski definition) is 1. The minimum absolute atomic E-state index is 0.223. The zero-order valence-electron chi connectivity index (χ0n) is 10.2. The molecule has 2 rings (SSSR count). The van der Waals surface area contributed by atoms with Gasteiger partial charge in [-0.15, -0.1) is 0 Å². The van der Waals surface area contributed by atoms with E-state index >= 15 is 0 Å². The Morgan fingerprint density at radius 3 is 2.72 bits per heavy atom. The topological polar surface area (TPSA) is 26.0 Å². The summed E-state index contributed by atoms with van der Waals surface area (Å²) < 4.78 is 13.2. The molecule has 0 aliphatic heterocycles. The van der Waals surface area contributed by atoms with Crippen molar-refractivity contribution in [1.82, 2.24) is 0 Å². The molecule has 3 heteroatoms. The molecule has 94 valence electrons. The second kappa shape index (κ2) is 5.51. The van der Waals surface area contributed by atoms with Crippen LogP contribution in [0.2, 0.25) is 5.02 Å². The smallest absolute Gasteiger partial charge is 0.123 e. The summed E-state index contributed by atoms with van der Waals surface area (Å²) in [5.74, 6) is -0.253. The van der Waals surface area contributed by atoms with Gasteiger partial charge in [-0.3, -0.25) is 0 Å². The largest absolute Gasteiger partial charge is 0.324 e. The fourth-order valence-electron chi connectivity index (χ4n) is 2.04. The van der Waals surface area contributed by atoms with Crippen LogP contribution in [0.1, 0.15) is 22.7 Å². The van der Waals surface area contributed by atoms with Crippen LogP contribution in [0.25, 0.3) is 0 Å². The lowest BCUT2D eigenvalue weighted by Crippen LogP contribution is -2.15. The first-order valence-corrected chi connectivity index (χ1v) is 6.20. The molecule has 0 aliphatic carbocycles. The molecule has 0 saturated carbocycles. The van der Waals surface area contributed by atoms with Gasteiger partial charge in [0, 0.05) is 11.1 Å². The summed E-state index contributed by atoms with van der Waals surface area (Å²) in [4.78, 5) is 0. The van der Waals surface area contributed by atoms with Crippen molar-refractivity contribution in [2.75, 3.05) is 0 Å². The van der Waals surface area contributed by atoms with E-state index < -0.39 is 0 Å². The van der Waals surface area contributed by atoms with Crippen LogP contribution in [-0.2, 0) is 6.42 Å². The van der Waals surface area contributed by atoms with Crippen molar-refractivity contribution < 1.29 is 4.39 Å².